The van der Waals surface area contributed by atoms with Crippen molar-refractivity contribution in [2.45, 2.75) is 39.2 Å². The Bertz CT molecular complexity index is 895. The minimum absolute atomic E-state index is 0.0600. The number of nitrogens with zero attached hydrogens (tertiary/aromatic N) is 6. The standard InChI is InChI=1S/C17H23N7O4/c1-12-14(24(27)28)11-23(20-12)9-6-15(25)19-13-10-18-21(2)16(13)17(26)22-7-4-3-5-8-22/h10-11H,3-9H2,1-2H3,(H,19,25). The quantitative estimate of drug-likeness (QED) is 0.589. The number of nitro groups is 1. The summed E-state index contributed by atoms with van der Waals surface area (Å²) in [6, 6.07) is 0. The molecule has 2 aromatic heterocycles. The van der Waals surface area contributed by atoms with Crippen molar-refractivity contribution in [3.8, 4) is 0 Å². The normalized spacial score (nSPS) is 14.1. The van der Waals surface area contributed by atoms with Gasteiger partial charge in [0, 0.05) is 33.1 Å². The van der Waals surface area contributed by atoms with Crippen molar-refractivity contribution in [3.05, 3.63) is 33.9 Å². The van der Waals surface area contributed by atoms with Crippen LogP contribution in [0, 0.1) is 17.0 Å². The number of carbonyl (C=O) groups is 2. The number of likely N-dealkylation sites (tertiary alicyclic amines) is 1. The molecule has 0 bridgehead atoms. The Balaban J connectivity index is 1.63. The first kappa shape index (κ1) is 19.5. The molecule has 2 amide bonds. The summed E-state index contributed by atoms with van der Waals surface area (Å²) in [4.78, 5) is 37.3. The molecule has 0 atom stereocenters. The van der Waals surface area contributed by atoms with E-state index in [1.807, 2.05) is 0 Å². The first-order valence-corrected chi connectivity index (χ1v) is 9.16. The summed E-state index contributed by atoms with van der Waals surface area (Å²) in [5.74, 6) is -0.468. The predicted molar refractivity (Wildman–Crippen MR) is 99.8 cm³/mol. The van der Waals surface area contributed by atoms with Gasteiger partial charge in [-0.05, 0) is 26.2 Å². The van der Waals surface area contributed by atoms with Crippen LogP contribution < -0.4 is 5.32 Å². The highest BCUT2D eigenvalue weighted by Gasteiger charge is 2.25. The van der Waals surface area contributed by atoms with Crippen LogP contribution in [0.1, 0.15) is 41.9 Å². The number of rotatable bonds is 6. The fraction of sp³-hybridized carbons (Fsp3) is 0.529. The molecule has 3 rings (SSSR count). The molecule has 1 fully saturated rings. The molecule has 0 aromatic carbocycles. The van der Waals surface area contributed by atoms with Crippen LogP contribution in [0.5, 0.6) is 0 Å². The maximum Gasteiger partial charge on any atom is 0.309 e. The van der Waals surface area contributed by atoms with Crippen LogP contribution in [0.2, 0.25) is 0 Å². The summed E-state index contributed by atoms with van der Waals surface area (Å²) in [7, 11) is 1.67. The van der Waals surface area contributed by atoms with Gasteiger partial charge in [-0.1, -0.05) is 0 Å². The molecular weight excluding hydrogens is 366 g/mol. The average molecular weight is 389 g/mol. The third-order valence-electron chi connectivity index (χ3n) is 4.74. The predicted octanol–water partition coefficient (Wildman–Crippen LogP) is 1.49. The van der Waals surface area contributed by atoms with Gasteiger partial charge in [-0.15, -0.1) is 0 Å². The second-order valence-electron chi connectivity index (χ2n) is 6.80. The molecule has 1 N–H and O–H groups in total. The van der Waals surface area contributed by atoms with Gasteiger partial charge in [0.1, 0.15) is 17.6 Å². The van der Waals surface area contributed by atoms with Gasteiger partial charge in [-0.2, -0.15) is 10.2 Å². The van der Waals surface area contributed by atoms with Crippen molar-refractivity contribution in [1.82, 2.24) is 24.5 Å². The van der Waals surface area contributed by atoms with E-state index in [-0.39, 0.29) is 30.5 Å². The van der Waals surface area contributed by atoms with Crippen LogP contribution in [-0.4, -0.2) is 54.3 Å². The number of piperidine rings is 1. The Morgan fingerprint density at radius 1 is 1.29 bits per heavy atom. The summed E-state index contributed by atoms with van der Waals surface area (Å²) in [5, 5.41) is 21.7. The fourth-order valence-electron chi connectivity index (χ4n) is 3.26. The molecule has 11 heteroatoms. The van der Waals surface area contributed by atoms with Crippen molar-refractivity contribution in [2.75, 3.05) is 18.4 Å². The maximum absolute atomic E-state index is 12.8. The van der Waals surface area contributed by atoms with Gasteiger partial charge in [0.05, 0.1) is 16.8 Å². The van der Waals surface area contributed by atoms with E-state index in [2.05, 4.69) is 15.5 Å². The van der Waals surface area contributed by atoms with Crippen molar-refractivity contribution in [1.29, 1.82) is 0 Å². The number of aromatic nitrogens is 4. The molecule has 0 spiro atoms. The third kappa shape index (κ3) is 4.18. The van der Waals surface area contributed by atoms with E-state index in [4.69, 9.17) is 0 Å². The van der Waals surface area contributed by atoms with E-state index in [0.29, 0.717) is 30.2 Å². The Hall–Kier alpha value is -3.24. The summed E-state index contributed by atoms with van der Waals surface area (Å²) in [5.41, 5.74) is 0.931. The molecule has 1 aliphatic heterocycles. The summed E-state index contributed by atoms with van der Waals surface area (Å²) in [6.07, 6.45) is 5.88. The number of aryl methyl sites for hydroxylation is 3. The lowest BCUT2D eigenvalue weighted by atomic mass is 10.1. The van der Waals surface area contributed by atoms with Gasteiger partial charge in [-0.3, -0.25) is 29.1 Å². The number of hydrogen-bond acceptors (Lipinski definition) is 6. The summed E-state index contributed by atoms with van der Waals surface area (Å²) in [6.45, 7) is 3.14. The lowest BCUT2D eigenvalue weighted by molar-refractivity contribution is -0.385. The number of amides is 2. The molecule has 11 nitrogen and oxygen atoms in total. The molecule has 0 radical (unpaired) electrons. The van der Waals surface area contributed by atoms with Crippen molar-refractivity contribution in [2.24, 2.45) is 7.05 Å². The van der Waals surface area contributed by atoms with Crippen molar-refractivity contribution < 1.29 is 14.5 Å². The van der Waals surface area contributed by atoms with E-state index in [0.717, 1.165) is 19.3 Å². The average Bonchev–Trinajstić information content (AvgIpc) is 3.22. The number of hydrogen-bond donors (Lipinski definition) is 1. The molecule has 0 unspecified atom stereocenters. The van der Waals surface area contributed by atoms with Crippen molar-refractivity contribution in [3.63, 3.8) is 0 Å². The highest BCUT2D eigenvalue weighted by atomic mass is 16.6. The highest BCUT2D eigenvalue weighted by Crippen LogP contribution is 2.20. The van der Waals surface area contributed by atoms with E-state index in [1.165, 1.54) is 21.8 Å². The van der Waals surface area contributed by atoms with E-state index in [9.17, 15) is 19.7 Å². The monoisotopic (exact) mass is 389 g/mol. The first-order valence-electron chi connectivity index (χ1n) is 9.16. The van der Waals surface area contributed by atoms with Crippen LogP contribution >= 0.6 is 0 Å². The molecule has 0 saturated carbocycles. The number of nitrogens with one attached hydrogen (secondary N) is 1. The van der Waals surface area contributed by atoms with Gasteiger partial charge >= 0.3 is 5.69 Å². The zero-order valence-corrected chi connectivity index (χ0v) is 15.9. The van der Waals surface area contributed by atoms with Crippen LogP contribution in [0.3, 0.4) is 0 Å². The van der Waals surface area contributed by atoms with Crippen LogP contribution in [0.4, 0.5) is 11.4 Å². The Morgan fingerprint density at radius 3 is 2.64 bits per heavy atom. The van der Waals surface area contributed by atoms with Crippen LogP contribution in [0.15, 0.2) is 12.4 Å². The fourth-order valence-corrected chi connectivity index (χ4v) is 3.26. The largest absolute Gasteiger partial charge is 0.337 e. The van der Waals surface area contributed by atoms with Gasteiger partial charge in [0.15, 0.2) is 0 Å². The minimum Gasteiger partial charge on any atom is -0.337 e. The van der Waals surface area contributed by atoms with Gasteiger partial charge in [0.25, 0.3) is 5.91 Å². The topological polar surface area (TPSA) is 128 Å². The van der Waals surface area contributed by atoms with Gasteiger partial charge in [0.2, 0.25) is 5.91 Å². The Kier molecular flexibility index (Phi) is 5.71. The molecule has 1 aliphatic rings. The smallest absolute Gasteiger partial charge is 0.309 e. The Morgan fingerprint density at radius 2 is 2.00 bits per heavy atom. The SMILES string of the molecule is Cc1nn(CCC(=O)Nc2cnn(C)c2C(=O)N2CCCCC2)cc1[N+](=O)[O-]. The summed E-state index contributed by atoms with van der Waals surface area (Å²) >= 11 is 0. The lowest BCUT2D eigenvalue weighted by Gasteiger charge is -2.27. The van der Waals surface area contributed by atoms with Crippen molar-refractivity contribution >= 4 is 23.2 Å². The highest BCUT2D eigenvalue weighted by molar-refractivity contribution is 6.02. The zero-order chi connectivity index (χ0) is 20.3. The summed E-state index contributed by atoms with van der Waals surface area (Å²) < 4.78 is 2.84. The van der Waals surface area contributed by atoms with E-state index < -0.39 is 4.92 Å². The molecular formula is C17H23N7O4. The van der Waals surface area contributed by atoms with E-state index in [1.54, 1.807) is 18.9 Å². The third-order valence-corrected chi connectivity index (χ3v) is 4.74. The second-order valence-corrected chi connectivity index (χ2v) is 6.80. The molecule has 0 aliphatic carbocycles. The molecule has 3 heterocycles. The number of carbonyl (C=O) groups excluding carboxylic acids is 2. The Labute approximate surface area is 161 Å². The van der Waals surface area contributed by atoms with Crippen LogP contribution in [-0.2, 0) is 18.4 Å². The second kappa shape index (κ2) is 8.19. The molecule has 28 heavy (non-hydrogen) atoms. The number of anilines is 1. The maximum atomic E-state index is 12.8. The molecule has 150 valence electrons. The van der Waals surface area contributed by atoms with E-state index >= 15 is 0 Å². The first-order chi connectivity index (χ1) is 13.4. The van der Waals surface area contributed by atoms with Gasteiger partial charge in [-0.25, -0.2) is 0 Å². The molecule has 2 aromatic rings. The lowest BCUT2D eigenvalue weighted by Crippen LogP contribution is -2.37. The zero-order valence-electron chi connectivity index (χ0n) is 15.9. The minimum atomic E-state index is -0.507. The van der Waals surface area contributed by atoms with Crippen LogP contribution in [0.25, 0.3) is 0 Å². The molecule has 1 saturated heterocycles. The van der Waals surface area contributed by atoms with Gasteiger partial charge < -0.3 is 10.2 Å².